The fourth-order valence-electron chi connectivity index (χ4n) is 3.05. The molecule has 0 bridgehead atoms. The number of carbonyl (C=O) groups excluding carboxylic acids is 3. The Bertz CT molecular complexity index is 696. The van der Waals surface area contributed by atoms with Crippen LogP contribution in [-0.4, -0.2) is 29.2 Å². The van der Waals surface area contributed by atoms with Crippen LogP contribution in [0.2, 0.25) is 0 Å². The van der Waals surface area contributed by atoms with E-state index in [9.17, 15) is 14.4 Å². The molecular formula is C17H17ClN2O3. The van der Waals surface area contributed by atoms with E-state index in [0.29, 0.717) is 23.4 Å². The fourth-order valence-corrected chi connectivity index (χ4v) is 3.30. The van der Waals surface area contributed by atoms with Crippen molar-refractivity contribution in [3.05, 3.63) is 40.9 Å². The van der Waals surface area contributed by atoms with Crippen LogP contribution in [0, 0.1) is 11.8 Å². The van der Waals surface area contributed by atoms with Gasteiger partial charge in [-0.15, -0.1) is 0 Å². The monoisotopic (exact) mass is 332 g/mol. The number of fused-ring (bicyclic) bond motifs is 1. The van der Waals surface area contributed by atoms with Gasteiger partial charge in [-0.1, -0.05) is 17.7 Å². The average Bonchev–Trinajstić information content (AvgIpc) is 2.77. The van der Waals surface area contributed by atoms with Crippen LogP contribution >= 0.6 is 11.6 Å². The third-order valence-corrected chi connectivity index (χ3v) is 4.70. The van der Waals surface area contributed by atoms with Gasteiger partial charge in [-0.25, -0.2) is 0 Å². The lowest BCUT2D eigenvalue weighted by molar-refractivity contribution is -0.139. The maximum atomic E-state index is 12.4. The van der Waals surface area contributed by atoms with Gasteiger partial charge < -0.3 is 5.32 Å². The van der Waals surface area contributed by atoms with Gasteiger partial charge in [0.2, 0.25) is 11.8 Å². The molecule has 1 N–H and O–H groups in total. The number of allylic oxidation sites excluding steroid dienone is 2. The maximum absolute atomic E-state index is 12.4. The van der Waals surface area contributed by atoms with E-state index in [4.69, 9.17) is 11.6 Å². The number of imide groups is 1. The number of hydrogen-bond acceptors (Lipinski definition) is 4. The molecule has 2 atom stereocenters. The summed E-state index contributed by atoms with van der Waals surface area (Å²) >= 11 is 5.99. The molecule has 0 unspecified atom stereocenters. The van der Waals surface area contributed by atoms with Gasteiger partial charge in [-0.3, -0.25) is 19.3 Å². The number of nitrogens with zero attached hydrogens (tertiary/aromatic N) is 1. The van der Waals surface area contributed by atoms with E-state index in [1.165, 1.54) is 11.8 Å². The molecule has 1 aromatic carbocycles. The van der Waals surface area contributed by atoms with Crippen LogP contribution in [-0.2, 0) is 9.59 Å². The van der Waals surface area contributed by atoms with E-state index in [1.807, 2.05) is 6.08 Å². The van der Waals surface area contributed by atoms with Gasteiger partial charge in [0.25, 0.3) is 0 Å². The normalized spacial score (nSPS) is 23.6. The molecule has 1 heterocycles. The SMILES string of the molecule is CC(=O)c1ccc(NCN2C(=O)[C@@H]3CC=C(Cl)C[C@H]3C2=O)cc1. The first-order valence-electron chi connectivity index (χ1n) is 7.52. The van der Waals surface area contributed by atoms with E-state index in [0.717, 1.165) is 5.69 Å². The molecule has 1 aromatic rings. The molecule has 1 saturated heterocycles. The van der Waals surface area contributed by atoms with Crippen molar-refractivity contribution in [2.45, 2.75) is 19.8 Å². The zero-order chi connectivity index (χ0) is 16.6. The highest BCUT2D eigenvalue weighted by Gasteiger charge is 2.48. The first-order valence-corrected chi connectivity index (χ1v) is 7.90. The van der Waals surface area contributed by atoms with E-state index in [1.54, 1.807) is 24.3 Å². The average molecular weight is 333 g/mol. The van der Waals surface area contributed by atoms with Crippen LogP contribution < -0.4 is 5.32 Å². The predicted molar refractivity (Wildman–Crippen MR) is 86.9 cm³/mol. The van der Waals surface area contributed by atoms with Crippen molar-refractivity contribution in [3.8, 4) is 0 Å². The first-order chi connectivity index (χ1) is 11.0. The summed E-state index contributed by atoms with van der Waals surface area (Å²) in [7, 11) is 0. The van der Waals surface area contributed by atoms with E-state index in [-0.39, 0.29) is 36.1 Å². The van der Waals surface area contributed by atoms with E-state index < -0.39 is 0 Å². The van der Waals surface area contributed by atoms with Crippen LogP contribution in [0.4, 0.5) is 5.69 Å². The highest BCUT2D eigenvalue weighted by Crippen LogP contribution is 2.38. The molecule has 1 aliphatic heterocycles. The quantitative estimate of drug-likeness (QED) is 0.680. The summed E-state index contributed by atoms with van der Waals surface area (Å²) in [6.45, 7) is 1.63. The van der Waals surface area contributed by atoms with Crippen LogP contribution in [0.3, 0.4) is 0 Å². The second-order valence-electron chi connectivity index (χ2n) is 5.88. The molecule has 5 nitrogen and oxygen atoms in total. The third-order valence-electron chi connectivity index (χ3n) is 4.39. The summed E-state index contributed by atoms with van der Waals surface area (Å²) in [5.41, 5.74) is 1.37. The molecule has 1 aliphatic carbocycles. The molecule has 0 saturated carbocycles. The van der Waals surface area contributed by atoms with Crippen molar-refractivity contribution in [2.24, 2.45) is 11.8 Å². The Kier molecular flexibility index (Phi) is 4.22. The lowest BCUT2D eigenvalue weighted by Crippen LogP contribution is -2.35. The zero-order valence-electron chi connectivity index (χ0n) is 12.7. The Balaban J connectivity index is 1.66. The second-order valence-corrected chi connectivity index (χ2v) is 6.36. The van der Waals surface area contributed by atoms with Gasteiger partial charge in [-0.05, 0) is 44.0 Å². The molecule has 0 aromatic heterocycles. The minimum absolute atomic E-state index is 0.00472. The van der Waals surface area contributed by atoms with Crippen LogP contribution in [0.5, 0.6) is 0 Å². The topological polar surface area (TPSA) is 66.5 Å². The predicted octanol–water partition coefficient (Wildman–Crippen LogP) is 2.78. The van der Waals surface area contributed by atoms with Crippen LogP contribution in [0.15, 0.2) is 35.4 Å². The van der Waals surface area contributed by atoms with Crippen molar-refractivity contribution in [1.29, 1.82) is 0 Å². The molecule has 23 heavy (non-hydrogen) atoms. The van der Waals surface area contributed by atoms with Gasteiger partial charge in [0.05, 0.1) is 18.5 Å². The van der Waals surface area contributed by atoms with Gasteiger partial charge in [0, 0.05) is 16.3 Å². The molecular weight excluding hydrogens is 316 g/mol. The Morgan fingerprint density at radius 1 is 1.22 bits per heavy atom. The third kappa shape index (κ3) is 3.01. The Labute approximate surface area is 139 Å². The van der Waals surface area contributed by atoms with Crippen LogP contribution in [0.1, 0.15) is 30.1 Å². The number of ketones is 1. The molecule has 0 spiro atoms. The highest BCUT2D eigenvalue weighted by molar-refractivity contribution is 6.30. The molecule has 3 rings (SSSR count). The van der Waals surface area contributed by atoms with E-state index in [2.05, 4.69) is 5.32 Å². The van der Waals surface area contributed by atoms with Crippen molar-refractivity contribution in [2.75, 3.05) is 12.0 Å². The molecule has 0 radical (unpaired) electrons. The number of carbonyl (C=O) groups is 3. The Morgan fingerprint density at radius 2 is 1.87 bits per heavy atom. The van der Waals surface area contributed by atoms with Gasteiger partial charge in [0.15, 0.2) is 5.78 Å². The smallest absolute Gasteiger partial charge is 0.234 e. The van der Waals surface area contributed by atoms with Crippen LogP contribution in [0.25, 0.3) is 0 Å². The summed E-state index contributed by atoms with van der Waals surface area (Å²) < 4.78 is 0. The van der Waals surface area contributed by atoms with Crippen molar-refractivity contribution < 1.29 is 14.4 Å². The minimum atomic E-state index is -0.332. The number of benzene rings is 1. The van der Waals surface area contributed by atoms with E-state index >= 15 is 0 Å². The van der Waals surface area contributed by atoms with Crippen molar-refractivity contribution in [3.63, 3.8) is 0 Å². The molecule has 6 heteroatoms. The maximum Gasteiger partial charge on any atom is 0.234 e. The van der Waals surface area contributed by atoms with Crippen molar-refractivity contribution >= 4 is 34.9 Å². The number of likely N-dealkylation sites (tertiary alicyclic amines) is 1. The number of amides is 2. The number of hydrogen-bond donors (Lipinski definition) is 1. The van der Waals surface area contributed by atoms with Crippen molar-refractivity contribution in [1.82, 2.24) is 4.90 Å². The number of rotatable bonds is 4. The number of anilines is 1. The van der Waals surface area contributed by atoms with Gasteiger partial charge >= 0.3 is 0 Å². The largest absolute Gasteiger partial charge is 0.367 e. The minimum Gasteiger partial charge on any atom is -0.367 e. The Hall–Kier alpha value is -2.14. The molecule has 2 aliphatic rings. The standard InChI is InChI=1S/C17H17ClN2O3/c1-10(21)11-2-5-13(6-3-11)19-9-20-16(22)14-7-4-12(18)8-15(14)17(20)23/h2-6,14-15,19H,7-9H2,1H3/t14-,15-/m1/s1. The molecule has 120 valence electrons. The summed E-state index contributed by atoms with van der Waals surface area (Å²) in [6.07, 6.45) is 2.80. The first kappa shape index (κ1) is 15.7. The summed E-state index contributed by atoms with van der Waals surface area (Å²) in [5.74, 6) is -0.934. The number of Topliss-reactive ketones (excluding diaryl/α,β-unsaturated/α-hetero) is 1. The van der Waals surface area contributed by atoms with Gasteiger partial charge in [0.1, 0.15) is 0 Å². The summed E-state index contributed by atoms with van der Waals surface area (Å²) in [4.78, 5) is 37.3. The fraction of sp³-hybridized carbons (Fsp3) is 0.353. The lowest BCUT2D eigenvalue weighted by atomic mass is 9.85. The molecule has 2 amide bonds. The lowest BCUT2D eigenvalue weighted by Gasteiger charge is -2.17. The van der Waals surface area contributed by atoms with Gasteiger partial charge in [-0.2, -0.15) is 0 Å². The summed E-state index contributed by atoms with van der Waals surface area (Å²) in [6, 6.07) is 6.93. The number of halogens is 1. The highest BCUT2D eigenvalue weighted by atomic mass is 35.5. The molecule has 1 fully saturated rings. The number of nitrogens with one attached hydrogen (secondary N) is 1. The Morgan fingerprint density at radius 3 is 2.52 bits per heavy atom. The second kappa shape index (κ2) is 6.16. The summed E-state index contributed by atoms with van der Waals surface area (Å²) in [5, 5.41) is 3.71. The zero-order valence-corrected chi connectivity index (χ0v) is 13.5.